The van der Waals surface area contributed by atoms with Crippen molar-refractivity contribution in [2.45, 2.75) is 25.4 Å². The van der Waals surface area contributed by atoms with Gasteiger partial charge in [-0.25, -0.2) is 9.50 Å². The van der Waals surface area contributed by atoms with Crippen molar-refractivity contribution in [3.8, 4) is 11.3 Å². The van der Waals surface area contributed by atoms with Crippen LogP contribution in [0.5, 0.6) is 0 Å². The first-order chi connectivity index (χ1) is 15.3. The third-order valence-electron chi connectivity index (χ3n) is 5.64. The monoisotopic (exact) mass is 440 g/mol. The number of likely N-dealkylation sites (tertiary alicyclic amines) is 1. The molecule has 32 heavy (non-hydrogen) atoms. The topological polar surface area (TPSA) is 79.2 Å². The van der Waals surface area contributed by atoms with Crippen LogP contribution < -0.4 is 0 Å². The fourth-order valence-electron chi connectivity index (χ4n) is 4.06. The largest absolute Gasteiger partial charge is 0.433 e. The van der Waals surface area contributed by atoms with E-state index in [9.17, 15) is 18.0 Å². The molecule has 1 fully saturated rings. The number of fused-ring (bicyclic) bond motifs is 1. The van der Waals surface area contributed by atoms with E-state index in [1.165, 1.54) is 6.92 Å². The number of hydrogen-bond donors (Lipinski definition) is 1. The van der Waals surface area contributed by atoms with Gasteiger partial charge in [0.15, 0.2) is 5.65 Å². The highest BCUT2D eigenvalue weighted by Crippen LogP contribution is 2.32. The zero-order chi connectivity index (χ0) is 22.5. The second-order valence-corrected chi connectivity index (χ2v) is 7.89. The van der Waals surface area contributed by atoms with Crippen LogP contribution in [-0.4, -0.2) is 48.7 Å². The van der Waals surface area contributed by atoms with Crippen molar-refractivity contribution in [3.63, 3.8) is 0 Å². The van der Waals surface area contributed by atoms with Crippen LogP contribution in [0.25, 0.3) is 16.9 Å². The molecule has 5 rings (SSSR count). The Labute approximate surface area is 180 Å². The SMILES string of the molecule is Cc1cc(C(F)(F)F)n2nc([C@@H]3CCN(C(=O)c4cc(-c5ccccc5)n[nH]4)C3)cc2n1. The number of amides is 1. The average molecular weight is 440 g/mol. The van der Waals surface area contributed by atoms with Gasteiger partial charge in [-0.1, -0.05) is 30.3 Å². The first-order valence-corrected chi connectivity index (χ1v) is 10.1. The molecule has 4 heterocycles. The molecule has 10 heteroatoms. The predicted octanol–water partition coefficient (Wildman–Crippen LogP) is 4.08. The number of benzene rings is 1. The van der Waals surface area contributed by atoms with Crippen molar-refractivity contribution in [1.29, 1.82) is 0 Å². The normalized spacial score (nSPS) is 16.8. The maximum absolute atomic E-state index is 13.4. The van der Waals surface area contributed by atoms with Crippen LogP contribution >= 0.6 is 0 Å². The highest BCUT2D eigenvalue weighted by molar-refractivity contribution is 5.93. The molecule has 0 aliphatic carbocycles. The second-order valence-electron chi connectivity index (χ2n) is 7.89. The summed E-state index contributed by atoms with van der Waals surface area (Å²) in [4.78, 5) is 18.8. The zero-order valence-electron chi connectivity index (χ0n) is 17.1. The molecule has 4 aromatic rings. The van der Waals surface area contributed by atoms with Crippen molar-refractivity contribution in [2.75, 3.05) is 13.1 Å². The number of halogens is 3. The molecule has 0 saturated carbocycles. The second kappa shape index (κ2) is 7.47. The Morgan fingerprint density at radius 2 is 1.94 bits per heavy atom. The predicted molar refractivity (Wildman–Crippen MR) is 110 cm³/mol. The van der Waals surface area contributed by atoms with Gasteiger partial charge in [-0.2, -0.15) is 23.4 Å². The third-order valence-corrected chi connectivity index (χ3v) is 5.64. The van der Waals surface area contributed by atoms with Crippen LogP contribution in [0, 0.1) is 6.92 Å². The van der Waals surface area contributed by atoms with Gasteiger partial charge in [0.2, 0.25) is 0 Å². The van der Waals surface area contributed by atoms with Crippen molar-refractivity contribution < 1.29 is 18.0 Å². The molecule has 164 valence electrons. The van der Waals surface area contributed by atoms with Gasteiger partial charge < -0.3 is 4.90 Å². The van der Waals surface area contributed by atoms with E-state index in [0.29, 0.717) is 36.6 Å². The molecule has 7 nitrogen and oxygen atoms in total. The number of alkyl halides is 3. The molecule has 1 N–H and O–H groups in total. The molecular formula is C22H19F3N6O. The van der Waals surface area contributed by atoms with Crippen molar-refractivity contribution in [2.24, 2.45) is 0 Å². The summed E-state index contributed by atoms with van der Waals surface area (Å²) in [6.45, 7) is 2.37. The summed E-state index contributed by atoms with van der Waals surface area (Å²) in [7, 11) is 0. The number of aryl methyl sites for hydroxylation is 1. The minimum Gasteiger partial charge on any atom is -0.337 e. The molecule has 1 aliphatic heterocycles. The number of carbonyl (C=O) groups excluding carboxylic acids is 1. The van der Waals surface area contributed by atoms with Crippen molar-refractivity contribution >= 4 is 11.6 Å². The van der Waals surface area contributed by atoms with E-state index in [1.807, 2.05) is 30.3 Å². The maximum Gasteiger partial charge on any atom is 0.433 e. The summed E-state index contributed by atoms with van der Waals surface area (Å²) >= 11 is 0. The zero-order valence-corrected chi connectivity index (χ0v) is 17.1. The number of aromatic nitrogens is 5. The van der Waals surface area contributed by atoms with Gasteiger partial charge in [0.25, 0.3) is 5.91 Å². The smallest absolute Gasteiger partial charge is 0.337 e. The molecule has 0 spiro atoms. The van der Waals surface area contributed by atoms with Crippen molar-refractivity contribution in [1.82, 2.24) is 29.7 Å². The van der Waals surface area contributed by atoms with Gasteiger partial charge in [-0.3, -0.25) is 9.89 Å². The molecule has 1 aromatic carbocycles. The molecular weight excluding hydrogens is 421 g/mol. The van der Waals surface area contributed by atoms with Gasteiger partial charge in [0.05, 0.1) is 11.4 Å². The Kier molecular flexibility index (Phi) is 4.72. The highest BCUT2D eigenvalue weighted by atomic mass is 19.4. The Balaban J connectivity index is 1.36. The first-order valence-electron chi connectivity index (χ1n) is 10.1. The first kappa shape index (κ1) is 20.2. The Hall–Kier alpha value is -3.69. The summed E-state index contributed by atoms with van der Waals surface area (Å²) in [5.74, 6) is -0.366. The standard InChI is InChI=1S/C22H19F3N6O/c1-13-9-19(22(23,24)25)31-20(26-13)11-17(29-31)15-7-8-30(12-15)21(32)18-10-16(27-28-18)14-5-3-2-4-6-14/h2-6,9-11,15H,7-8,12H2,1H3,(H,27,28)/t15-/m1/s1. The minimum absolute atomic E-state index is 0.151. The average Bonchev–Trinajstić information content (AvgIpc) is 3.51. The fraction of sp³-hybridized carbons (Fsp3) is 0.273. The van der Waals surface area contributed by atoms with Crippen molar-refractivity contribution in [3.05, 3.63) is 71.3 Å². The van der Waals surface area contributed by atoms with E-state index in [-0.39, 0.29) is 23.2 Å². The molecule has 1 saturated heterocycles. The van der Waals surface area contributed by atoms with E-state index in [0.717, 1.165) is 16.1 Å². The molecule has 0 bridgehead atoms. The lowest BCUT2D eigenvalue weighted by atomic mass is 10.1. The number of nitrogens with one attached hydrogen (secondary N) is 1. The quantitative estimate of drug-likeness (QED) is 0.521. The lowest BCUT2D eigenvalue weighted by Gasteiger charge is -2.14. The van der Waals surface area contributed by atoms with E-state index in [1.54, 1.807) is 17.0 Å². The summed E-state index contributed by atoms with van der Waals surface area (Å²) in [6, 6.07) is 13.8. The summed E-state index contributed by atoms with van der Waals surface area (Å²) in [6.07, 6.45) is -3.93. The van der Waals surface area contributed by atoms with Gasteiger partial charge in [0.1, 0.15) is 11.4 Å². The summed E-state index contributed by atoms with van der Waals surface area (Å²) in [5, 5.41) is 11.2. The van der Waals surface area contributed by atoms with Gasteiger partial charge >= 0.3 is 6.18 Å². The van der Waals surface area contributed by atoms with Crippen LogP contribution in [-0.2, 0) is 6.18 Å². The van der Waals surface area contributed by atoms with E-state index in [2.05, 4.69) is 20.3 Å². The molecule has 1 amide bonds. The molecule has 1 aliphatic rings. The van der Waals surface area contributed by atoms with E-state index >= 15 is 0 Å². The maximum atomic E-state index is 13.4. The van der Waals surface area contributed by atoms with Gasteiger partial charge in [-0.05, 0) is 25.5 Å². The number of H-pyrrole nitrogens is 1. The Bertz CT molecular complexity index is 1290. The number of carbonyl (C=O) groups is 1. The fourth-order valence-corrected chi connectivity index (χ4v) is 4.06. The highest BCUT2D eigenvalue weighted by Gasteiger charge is 2.36. The summed E-state index contributed by atoms with van der Waals surface area (Å²) < 4.78 is 41.1. The number of rotatable bonds is 3. The lowest BCUT2D eigenvalue weighted by molar-refractivity contribution is -0.142. The van der Waals surface area contributed by atoms with Crippen LogP contribution in [0.2, 0.25) is 0 Å². The number of aromatic amines is 1. The number of nitrogens with zero attached hydrogens (tertiary/aromatic N) is 5. The number of hydrogen-bond acceptors (Lipinski definition) is 4. The van der Waals surface area contributed by atoms with Gasteiger partial charge in [0, 0.05) is 36.3 Å². The lowest BCUT2D eigenvalue weighted by Crippen LogP contribution is -2.28. The summed E-state index contributed by atoms with van der Waals surface area (Å²) in [5.41, 5.74) is 2.00. The van der Waals surface area contributed by atoms with Crippen LogP contribution in [0.3, 0.4) is 0 Å². The Morgan fingerprint density at radius 3 is 2.69 bits per heavy atom. The van der Waals surface area contributed by atoms with Crippen LogP contribution in [0.4, 0.5) is 13.2 Å². The Morgan fingerprint density at radius 1 is 1.16 bits per heavy atom. The third kappa shape index (κ3) is 3.61. The van der Waals surface area contributed by atoms with E-state index < -0.39 is 11.9 Å². The molecule has 0 unspecified atom stereocenters. The van der Waals surface area contributed by atoms with E-state index in [4.69, 9.17) is 0 Å². The minimum atomic E-state index is -4.54. The van der Waals surface area contributed by atoms with Gasteiger partial charge in [-0.15, -0.1) is 0 Å². The van der Waals surface area contributed by atoms with Crippen LogP contribution in [0.15, 0.2) is 48.5 Å². The molecule has 0 radical (unpaired) electrons. The van der Waals surface area contributed by atoms with Crippen LogP contribution in [0.1, 0.15) is 39.9 Å². The molecule has 1 atom stereocenters. The molecule has 3 aromatic heterocycles.